The Kier molecular flexibility index (Phi) is 5.77. The number of nitrogens with one attached hydrogen (secondary N) is 1. The van der Waals surface area contributed by atoms with Crippen molar-refractivity contribution in [3.8, 4) is 22.9 Å². The molecule has 1 N–H and O–H groups in total. The van der Waals surface area contributed by atoms with Gasteiger partial charge in [-0.05, 0) is 26.3 Å². The van der Waals surface area contributed by atoms with Crippen LogP contribution in [-0.2, 0) is 19.8 Å². The van der Waals surface area contributed by atoms with E-state index in [1.807, 2.05) is 23.6 Å². The second kappa shape index (κ2) is 8.81. The number of anilines is 1. The standard InChI is InChI=1S/C25H24F3N7O/c1-14(2)35-13-30-15(3)20(35)22-31-18-9-10-36-21(18)23(33-22)29-11-16-5-7-17(8-6-16)24-32-19(12-34(24)4)25(26,27)28/h5-10,12-14H,11H2,1-4H3,(H,29,31,33). The van der Waals surface area contributed by atoms with Gasteiger partial charge in [-0.25, -0.2) is 19.9 Å². The molecule has 0 unspecified atom stereocenters. The first-order valence-corrected chi connectivity index (χ1v) is 11.3. The van der Waals surface area contributed by atoms with Crippen molar-refractivity contribution in [2.24, 2.45) is 7.05 Å². The number of benzene rings is 1. The summed E-state index contributed by atoms with van der Waals surface area (Å²) in [6.07, 6.45) is -0.151. The molecule has 4 aromatic heterocycles. The van der Waals surface area contributed by atoms with Crippen molar-refractivity contribution in [2.45, 2.75) is 39.5 Å². The summed E-state index contributed by atoms with van der Waals surface area (Å²) in [5.41, 5.74) is 3.46. The van der Waals surface area contributed by atoms with Crippen LogP contribution in [0.15, 0.2) is 53.5 Å². The molecule has 0 amide bonds. The fraction of sp³-hybridized carbons (Fsp3) is 0.280. The van der Waals surface area contributed by atoms with E-state index in [1.54, 1.807) is 37.8 Å². The summed E-state index contributed by atoms with van der Waals surface area (Å²) in [7, 11) is 1.54. The van der Waals surface area contributed by atoms with E-state index in [0.29, 0.717) is 34.9 Å². The third kappa shape index (κ3) is 4.32. The van der Waals surface area contributed by atoms with Crippen LogP contribution in [0.25, 0.3) is 34.0 Å². The number of aromatic nitrogens is 6. The highest BCUT2D eigenvalue weighted by Crippen LogP contribution is 2.31. The number of furan rings is 1. The highest BCUT2D eigenvalue weighted by Gasteiger charge is 2.34. The maximum atomic E-state index is 13.0. The lowest BCUT2D eigenvalue weighted by Gasteiger charge is -2.13. The highest BCUT2D eigenvalue weighted by molar-refractivity contribution is 5.85. The Morgan fingerprint density at radius 3 is 2.47 bits per heavy atom. The summed E-state index contributed by atoms with van der Waals surface area (Å²) in [6.45, 7) is 6.48. The van der Waals surface area contributed by atoms with Gasteiger partial charge in [0.2, 0.25) is 0 Å². The minimum atomic E-state index is -4.49. The number of rotatable bonds is 6. The van der Waals surface area contributed by atoms with Crippen molar-refractivity contribution in [1.82, 2.24) is 29.1 Å². The first kappa shape index (κ1) is 23.6. The molecule has 0 aliphatic carbocycles. The molecule has 5 rings (SSSR count). The van der Waals surface area contributed by atoms with Gasteiger partial charge >= 0.3 is 6.18 Å². The molecule has 36 heavy (non-hydrogen) atoms. The SMILES string of the molecule is Cc1ncn(C(C)C)c1-c1nc(NCc2ccc(-c3nc(C(F)(F)F)cn3C)cc2)c2occc2n1. The van der Waals surface area contributed by atoms with E-state index in [1.165, 1.54) is 4.57 Å². The van der Waals surface area contributed by atoms with Crippen LogP contribution in [0.2, 0.25) is 0 Å². The van der Waals surface area contributed by atoms with E-state index < -0.39 is 11.9 Å². The predicted octanol–water partition coefficient (Wildman–Crippen LogP) is 6.01. The Morgan fingerprint density at radius 2 is 1.81 bits per heavy atom. The van der Waals surface area contributed by atoms with Gasteiger partial charge in [-0.2, -0.15) is 13.2 Å². The lowest BCUT2D eigenvalue weighted by Crippen LogP contribution is -2.07. The molecule has 0 aliphatic rings. The quantitative estimate of drug-likeness (QED) is 0.311. The molecule has 5 aromatic rings. The molecule has 0 atom stereocenters. The molecule has 0 fully saturated rings. The van der Waals surface area contributed by atoms with Crippen molar-refractivity contribution in [3.63, 3.8) is 0 Å². The predicted molar refractivity (Wildman–Crippen MR) is 129 cm³/mol. The number of aryl methyl sites for hydroxylation is 2. The lowest BCUT2D eigenvalue weighted by atomic mass is 10.1. The minimum Gasteiger partial charge on any atom is -0.459 e. The Hall–Kier alpha value is -4.15. The molecular weight excluding hydrogens is 471 g/mol. The summed E-state index contributed by atoms with van der Waals surface area (Å²) < 4.78 is 48.0. The maximum absolute atomic E-state index is 13.0. The van der Waals surface area contributed by atoms with Gasteiger partial charge < -0.3 is 18.9 Å². The number of fused-ring (bicyclic) bond motifs is 1. The van der Waals surface area contributed by atoms with E-state index >= 15 is 0 Å². The molecule has 0 spiro atoms. The Bertz CT molecular complexity index is 1530. The third-order valence-corrected chi connectivity index (χ3v) is 5.89. The number of alkyl halides is 3. The first-order valence-electron chi connectivity index (χ1n) is 11.3. The largest absolute Gasteiger partial charge is 0.459 e. The van der Waals surface area contributed by atoms with E-state index in [-0.39, 0.29) is 11.9 Å². The zero-order valence-electron chi connectivity index (χ0n) is 20.1. The second-order valence-electron chi connectivity index (χ2n) is 8.82. The van der Waals surface area contributed by atoms with Crippen LogP contribution in [0.4, 0.5) is 19.0 Å². The van der Waals surface area contributed by atoms with Crippen LogP contribution in [0.3, 0.4) is 0 Å². The highest BCUT2D eigenvalue weighted by atomic mass is 19.4. The monoisotopic (exact) mass is 495 g/mol. The van der Waals surface area contributed by atoms with Crippen LogP contribution in [0.5, 0.6) is 0 Å². The average Bonchev–Trinajstić information content (AvgIpc) is 3.55. The van der Waals surface area contributed by atoms with Crippen LogP contribution >= 0.6 is 0 Å². The van der Waals surface area contributed by atoms with Gasteiger partial charge in [-0.1, -0.05) is 24.3 Å². The Morgan fingerprint density at radius 1 is 1.06 bits per heavy atom. The van der Waals surface area contributed by atoms with E-state index in [9.17, 15) is 13.2 Å². The van der Waals surface area contributed by atoms with Crippen molar-refractivity contribution in [1.29, 1.82) is 0 Å². The number of hydrogen-bond acceptors (Lipinski definition) is 6. The lowest BCUT2D eigenvalue weighted by molar-refractivity contribution is -0.140. The van der Waals surface area contributed by atoms with Crippen LogP contribution in [0, 0.1) is 6.92 Å². The fourth-order valence-corrected chi connectivity index (χ4v) is 4.04. The summed E-state index contributed by atoms with van der Waals surface area (Å²) in [5, 5.41) is 3.31. The van der Waals surface area contributed by atoms with Gasteiger partial charge in [0.25, 0.3) is 0 Å². The molecule has 0 radical (unpaired) electrons. The van der Waals surface area contributed by atoms with E-state index in [4.69, 9.17) is 9.40 Å². The Balaban J connectivity index is 1.41. The molecule has 0 bridgehead atoms. The third-order valence-electron chi connectivity index (χ3n) is 5.89. The van der Waals surface area contributed by atoms with Crippen LogP contribution in [-0.4, -0.2) is 29.1 Å². The molecule has 11 heteroatoms. The van der Waals surface area contributed by atoms with E-state index in [0.717, 1.165) is 23.1 Å². The minimum absolute atomic E-state index is 0.186. The van der Waals surface area contributed by atoms with Crippen LogP contribution < -0.4 is 5.32 Å². The van der Waals surface area contributed by atoms with Gasteiger partial charge in [0.15, 0.2) is 22.9 Å². The van der Waals surface area contributed by atoms with Gasteiger partial charge in [0.05, 0.1) is 18.3 Å². The molecule has 4 heterocycles. The molecular formula is C25H24F3N7O. The zero-order valence-corrected chi connectivity index (χ0v) is 20.1. The fourth-order valence-electron chi connectivity index (χ4n) is 4.04. The average molecular weight is 496 g/mol. The Labute approximate surface area is 204 Å². The molecule has 0 saturated heterocycles. The summed E-state index contributed by atoms with van der Waals surface area (Å²) >= 11 is 0. The first-order chi connectivity index (χ1) is 17.1. The normalized spacial score (nSPS) is 12.1. The number of imidazole rings is 2. The van der Waals surface area contributed by atoms with Gasteiger partial charge in [0, 0.05) is 37.5 Å². The number of hydrogen-bond donors (Lipinski definition) is 1. The number of halogens is 3. The molecule has 186 valence electrons. The topological polar surface area (TPSA) is 86.6 Å². The van der Waals surface area contributed by atoms with Gasteiger partial charge in [0.1, 0.15) is 17.0 Å². The molecule has 0 aliphatic heterocycles. The van der Waals surface area contributed by atoms with Crippen molar-refractivity contribution >= 4 is 16.9 Å². The number of nitrogens with zero attached hydrogens (tertiary/aromatic N) is 6. The molecule has 1 aromatic carbocycles. The second-order valence-corrected chi connectivity index (χ2v) is 8.82. The zero-order chi connectivity index (χ0) is 25.6. The van der Waals surface area contributed by atoms with Gasteiger partial charge in [-0.15, -0.1) is 0 Å². The van der Waals surface area contributed by atoms with Crippen molar-refractivity contribution in [2.75, 3.05) is 5.32 Å². The van der Waals surface area contributed by atoms with Crippen molar-refractivity contribution < 1.29 is 17.6 Å². The van der Waals surface area contributed by atoms with Gasteiger partial charge in [-0.3, -0.25) is 0 Å². The van der Waals surface area contributed by atoms with E-state index in [2.05, 4.69) is 34.1 Å². The summed E-state index contributed by atoms with van der Waals surface area (Å²) in [6, 6.07) is 9.14. The maximum Gasteiger partial charge on any atom is 0.434 e. The van der Waals surface area contributed by atoms with Crippen LogP contribution in [0.1, 0.15) is 36.8 Å². The summed E-state index contributed by atoms with van der Waals surface area (Å²) in [5.74, 6) is 1.33. The molecule has 0 saturated carbocycles. The smallest absolute Gasteiger partial charge is 0.434 e. The van der Waals surface area contributed by atoms with Crippen molar-refractivity contribution in [3.05, 3.63) is 66.1 Å². The summed E-state index contributed by atoms with van der Waals surface area (Å²) in [4.78, 5) is 17.6. The molecule has 8 nitrogen and oxygen atoms in total.